The lowest BCUT2D eigenvalue weighted by Crippen LogP contribution is -2.19. The summed E-state index contributed by atoms with van der Waals surface area (Å²) in [6, 6.07) is 2.90. The Morgan fingerprint density at radius 2 is 1.95 bits per heavy atom. The monoisotopic (exact) mass is 333 g/mol. The molecule has 19 heavy (non-hydrogen) atoms. The van der Waals surface area contributed by atoms with Gasteiger partial charge in [-0.05, 0) is 12.1 Å². The molecule has 0 saturated carbocycles. The van der Waals surface area contributed by atoms with Crippen molar-refractivity contribution in [2.24, 2.45) is 0 Å². The highest BCUT2D eigenvalue weighted by atomic mass is 35.7. The van der Waals surface area contributed by atoms with Crippen molar-refractivity contribution < 1.29 is 26.3 Å². The fraction of sp³-hybridized carbons (Fsp3) is 0.222. The lowest BCUT2D eigenvalue weighted by Gasteiger charge is -2.14. The highest BCUT2D eigenvalue weighted by Gasteiger charge is 2.34. The number of benzene rings is 1. The lowest BCUT2D eigenvalue weighted by molar-refractivity contribution is -0.275. The van der Waals surface area contributed by atoms with Crippen molar-refractivity contribution in [1.82, 2.24) is 0 Å². The molecule has 0 radical (unpaired) electrons. The number of nitriles is 1. The van der Waals surface area contributed by atoms with E-state index in [1.165, 1.54) is 6.07 Å². The third-order valence-electron chi connectivity index (χ3n) is 1.90. The van der Waals surface area contributed by atoms with E-state index in [2.05, 4.69) is 4.74 Å². The molecule has 1 aromatic carbocycles. The van der Waals surface area contributed by atoms with Gasteiger partial charge < -0.3 is 4.74 Å². The van der Waals surface area contributed by atoms with Gasteiger partial charge in [-0.2, -0.15) is 5.26 Å². The summed E-state index contributed by atoms with van der Waals surface area (Å²) in [7, 11) is 0.856. The molecule has 0 atom stereocenters. The molecular formula is C9H4Cl2F3NO3S. The third kappa shape index (κ3) is 4.16. The number of rotatable bonds is 3. The number of nitrogens with zero attached hydrogens (tertiary/aromatic N) is 1. The van der Waals surface area contributed by atoms with E-state index in [0.29, 0.717) is 6.07 Å². The van der Waals surface area contributed by atoms with Crippen molar-refractivity contribution in [2.75, 3.05) is 0 Å². The third-order valence-corrected chi connectivity index (χ3v) is 3.52. The molecule has 0 bridgehead atoms. The van der Waals surface area contributed by atoms with Crippen molar-refractivity contribution >= 4 is 31.3 Å². The first-order valence-corrected chi connectivity index (χ1v) is 7.26. The van der Waals surface area contributed by atoms with Crippen molar-refractivity contribution in [1.29, 1.82) is 5.26 Å². The van der Waals surface area contributed by atoms with Crippen LogP contribution in [0.15, 0.2) is 17.0 Å². The minimum Gasteiger partial charge on any atom is -0.404 e. The van der Waals surface area contributed by atoms with Crippen molar-refractivity contribution in [3.05, 3.63) is 23.3 Å². The first-order valence-electron chi connectivity index (χ1n) is 4.42. The van der Waals surface area contributed by atoms with Gasteiger partial charge in [-0.25, -0.2) is 8.42 Å². The standard InChI is InChI=1S/C9H4Cl2F3NO3S/c10-3-5-1-7(19(11,16)17)2-6(4-15)8(5)18-9(12,13)14/h1-2H,3H2. The maximum absolute atomic E-state index is 12.2. The summed E-state index contributed by atoms with van der Waals surface area (Å²) in [6.45, 7) is 0. The van der Waals surface area contributed by atoms with Gasteiger partial charge in [0.25, 0.3) is 9.05 Å². The van der Waals surface area contributed by atoms with E-state index in [1.807, 2.05) is 0 Å². The predicted octanol–water partition coefficient (Wildman–Crippen LogP) is 3.12. The molecule has 0 N–H and O–H groups in total. The molecule has 1 aromatic rings. The number of alkyl halides is 4. The molecule has 0 saturated heterocycles. The molecule has 0 heterocycles. The largest absolute Gasteiger partial charge is 0.573 e. The average molecular weight is 334 g/mol. The SMILES string of the molecule is N#Cc1cc(S(=O)(=O)Cl)cc(CCl)c1OC(F)(F)F. The molecular weight excluding hydrogens is 330 g/mol. The van der Waals surface area contributed by atoms with Gasteiger partial charge >= 0.3 is 6.36 Å². The summed E-state index contributed by atoms with van der Waals surface area (Å²) in [6.07, 6.45) is -5.03. The van der Waals surface area contributed by atoms with Gasteiger partial charge in [0.2, 0.25) is 0 Å². The molecule has 0 unspecified atom stereocenters. The Morgan fingerprint density at radius 3 is 2.32 bits per heavy atom. The minimum absolute atomic E-state index is 0.308. The Kier molecular flexibility index (Phi) is 4.55. The topological polar surface area (TPSA) is 67.2 Å². The van der Waals surface area contributed by atoms with E-state index in [0.717, 1.165) is 6.07 Å². The molecule has 0 aliphatic carbocycles. The Labute approximate surface area is 115 Å². The van der Waals surface area contributed by atoms with E-state index in [9.17, 15) is 21.6 Å². The van der Waals surface area contributed by atoms with Crippen molar-refractivity contribution in [3.63, 3.8) is 0 Å². The van der Waals surface area contributed by atoms with E-state index in [1.54, 1.807) is 0 Å². The highest BCUT2D eigenvalue weighted by molar-refractivity contribution is 8.13. The van der Waals surface area contributed by atoms with Crippen molar-refractivity contribution in [3.8, 4) is 11.8 Å². The summed E-state index contributed by atoms with van der Waals surface area (Å²) in [5, 5.41) is 8.75. The Hall–Kier alpha value is -1.17. The number of hydrogen-bond donors (Lipinski definition) is 0. The molecule has 0 aromatic heterocycles. The van der Waals surface area contributed by atoms with Gasteiger partial charge in [-0.3, -0.25) is 0 Å². The van der Waals surface area contributed by atoms with Crippen molar-refractivity contribution in [2.45, 2.75) is 17.1 Å². The second-order valence-electron chi connectivity index (χ2n) is 3.19. The van der Waals surface area contributed by atoms with Gasteiger partial charge in [0, 0.05) is 16.2 Å². The summed E-state index contributed by atoms with van der Waals surface area (Å²) >= 11 is 5.42. The zero-order valence-electron chi connectivity index (χ0n) is 8.83. The second-order valence-corrected chi connectivity index (χ2v) is 6.02. The predicted molar refractivity (Wildman–Crippen MR) is 60.4 cm³/mol. The smallest absolute Gasteiger partial charge is 0.404 e. The molecule has 1 rings (SSSR count). The maximum atomic E-state index is 12.2. The van der Waals surface area contributed by atoms with Crippen LogP contribution in [0.5, 0.6) is 5.75 Å². The van der Waals surface area contributed by atoms with Crippen LogP contribution in [0.4, 0.5) is 13.2 Å². The first-order chi connectivity index (χ1) is 8.58. The Bertz CT molecular complexity index is 637. The van der Waals surface area contributed by atoms with Crippen LogP contribution in [-0.4, -0.2) is 14.8 Å². The fourth-order valence-corrected chi connectivity index (χ4v) is 2.23. The quantitative estimate of drug-likeness (QED) is 0.629. The highest BCUT2D eigenvalue weighted by Crippen LogP contribution is 2.34. The number of halogens is 5. The van der Waals surface area contributed by atoms with E-state index >= 15 is 0 Å². The van der Waals surface area contributed by atoms with E-state index in [-0.39, 0.29) is 5.56 Å². The summed E-state index contributed by atoms with van der Waals surface area (Å²) in [5.74, 6) is -1.32. The zero-order valence-corrected chi connectivity index (χ0v) is 11.2. The Balaban J connectivity index is 3.53. The first kappa shape index (κ1) is 15.9. The van der Waals surface area contributed by atoms with Gasteiger partial charge in [0.15, 0.2) is 5.75 Å². The minimum atomic E-state index is -5.03. The van der Waals surface area contributed by atoms with Crippen LogP contribution in [0.25, 0.3) is 0 Å². The molecule has 4 nitrogen and oxygen atoms in total. The number of ether oxygens (including phenoxy) is 1. The Morgan fingerprint density at radius 1 is 1.37 bits per heavy atom. The van der Waals surface area contributed by atoms with Gasteiger partial charge in [-0.1, -0.05) is 0 Å². The normalized spacial score (nSPS) is 12.0. The maximum Gasteiger partial charge on any atom is 0.573 e. The van der Waals surface area contributed by atoms with Crippen LogP contribution in [0.1, 0.15) is 11.1 Å². The van der Waals surface area contributed by atoms with Gasteiger partial charge in [0.1, 0.15) is 6.07 Å². The second kappa shape index (κ2) is 5.45. The molecule has 0 amide bonds. The molecule has 0 spiro atoms. The molecule has 0 aliphatic heterocycles. The van der Waals surface area contributed by atoms with E-state index < -0.39 is 37.5 Å². The summed E-state index contributed by atoms with van der Waals surface area (Å²) in [5.41, 5.74) is -0.938. The van der Waals surface area contributed by atoms with Crippen LogP contribution in [-0.2, 0) is 14.9 Å². The van der Waals surface area contributed by atoms with Crippen LogP contribution < -0.4 is 4.74 Å². The van der Waals surface area contributed by atoms with Crippen LogP contribution in [0, 0.1) is 11.3 Å². The average Bonchev–Trinajstić information content (AvgIpc) is 2.25. The van der Waals surface area contributed by atoms with Crippen LogP contribution in [0.3, 0.4) is 0 Å². The zero-order chi connectivity index (χ0) is 14.8. The summed E-state index contributed by atoms with van der Waals surface area (Å²) in [4.78, 5) is -0.532. The fourth-order valence-electron chi connectivity index (χ4n) is 1.22. The van der Waals surface area contributed by atoms with E-state index in [4.69, 9.17) is 27.5 Å². The summed E-state index contributed by atoms with van der Waals surface area (Å²) < 4.78 is 62.5. The van der Waals surface area contributed by atoms with Gasteiger partial charge in [0.05, 0.1) is 16.3 Å². The number of hydrogen-bond acceptors (Lipinski definition) is 4. The molecule has 0 aliphatic rings. The van der Waals surface area contributed by atoms with Crippen LogP contribution >= 0.6 is 22.3 Å². The lowest BCUT2D eigenvalue weighted by atomic mass is 10.1. The van der Waals surface area contributed by atoms with Gasteiger partial charge in [-0.15, -0.1) is 24.8 Å². The molecule has 0 fully saturated rings. The molecule has 104 valence electrons. The van der Waals surface area contributed by atoms with Crippen LogP contribution in [0.2, 0.25) is 0 Å². The molecule has 10 heteroatoms.